The van der Waals surface area contributed by atoms with Crippen molar-refractivity contribution in [1.29, 1.82) is 0 Å². The molecule has 2 rings (SSSR count). The highest BCUT2D eigenvalue weighted by Gasteiger charge is 1.98. The second kappa shape index (κ2) is 9.47. The Morgan fingerprint density at radius 1 is 1.19 bits per heavy atom. The van der Waals surface area contributed by atoms with Crippen molar-refractivity contribution in [3.05, 3.63) is 77.3 Å². The third-order valence-electron chi connectivity index (χ3n) is 2.60. The number of hydrogen-bond acceptors (Lipinski definition) is 2. The summed E-state index contributed by atoms with van der Waals surface area (Å²) in [5, 5.41) is 0.641. The third-order valence-corrected chi connectivity index (χ3v) is 3.23. The van der Waals surface area contributed by atoms with Crippen LogP contribution in [-0.4, -0.2) is 15.3 Å². The van der Waals surface area contributed by atoms with Gasteiger partial charge in [0.05, 0.1) is 0 Å². The van der Waals surface area contributed by atoms with Gasteiger partial charge in [0, 0.05) is 22.8 Å². The maximum atomic E-state index is 10.2. The summed E-state index contributed by atoms with van der Waals surface area (Å²) < 4.78 is 22.7. The van der Waals surface area contributed by atoms with Crippen molar-refractivity contribution >= 4 is 28.4 Å². The minimum atomic E-state index is -2.25. The topological polar surface area (TPSA) is 52.2 Å². The summed E-state index contributed by atoms with van der Waals surface area (Å²) >= 11 is 3.45. The van der Waals surface area contributed by atoms with Crippen LogP contribution >= 0.6 is 11.6 Å². The molecule has 0 bridgehead atoms. The Morgan fingerprint density at radius 2 is 1.76 bits per heavy atom. The van der Waals surface area contributed by atoms with E-state index in [2.05, 4.69) is 30.4 Å². The predicted molar refractivity (Wildman–Crippen MR) is 88.6 cm³/mol. The van der Waals surface area contributed by atoms with E-state index in [0.717, 1.165) is 5.56 Å². The van der Waals surface area contributed by atoms with Crippen molar-refractivity contribution in [2.45, 2.75) is 6.92 Å². The van der Waals surface area contributed by atoms with Crippen LogP contribution in [0.5, 0.6) is 0 Å². The Morgan fingerprint density at radius 3 is 2.19 bits per heavy atom. The first-order chi connectivity index (χ1) is 9.99. The van der Waals surface area contributed by atoms with Gasteiger partial charge in [-0.15, -0.1) is 0 Å². The van der Waals surface area contributed by atoms with Gasteiger partial charge >= 0.3 is 0 Å². The van der Waals surface area contributed by atoms with Crippen molar-refractivity contribution in [2.24, 2.45) is 0 Å². The molecule has 112 valence electrons. The molecule has 5 heteroatoms. The Labute approximate surface area is 133 Å². The average molecular weight is 323 g/mol. The standard InChI is InChI=1S/C9H10ClNO2S.C7H8/c1-7(6-11-14(12)13)8-2-4-9(10)5-3-8;1-7-5-3-2-4-6-7/h2-5,11H,1,6H2,(H,12,13);2-6H,1H3/p-1. The molecule has 0 heterocycles. The van der Waals surface area contributed by atoms with Crippen molar-refractivity contribution in [3.63, 3.8) is 0 Å². The van der Waals surface area contributed by atoms with E-state index in [1.54, 1.807) is 24.3 Å². The molecule has 0 aliphatic rings. The van der Waals surface area contributed by atoms with Crippen LogP contribution in [0.15, 0.2) is 61.2 Å². The van der Waals surface area contributed by atoms with Gasteiger partial charge in [-0.25, -0.2) is 4.72 Å². The molecule has 0 aromatic heterocycles. The van der Waals surface area contributed by atoms with Gasteiger partial charge in [0.25, 0.3) is 0 Å². The quantitative estimate of drug-likeness (QED) is 0.872. The van der Waals surface area contributed by atoms with Gasteiger partial charge < -0.3 is 4.55 Å². The lowest BCUT2D eigenvalue weighted by atomic mass is 10.1. The summed E-state index contributed by atoms with van der Waals surface area (Å²) in [4.78, 5) is 0. The van der Waals surface area contributed by atoms with Crippen molar-refractivity contribution < 1.29 is 8.76 Å². The zero-order chi connectivity index (χ0) is 15.7. The summed E-state index contributed by atoms with van der Waals surface area (Å²) in [6.07, 6.45) is 0. The minimum absolute atomic E-state index is 0.206. The van der Waals surface area contributed by atoms with Gasteiger partial charge in [0.1, 0.15) is 0 Å². The first-order valence-electron chi connectivity index (χ1n) is 6.27. The predicted octanol–water partition coefficient (Wildman–Crippen LogP) is 3.73. The first kappa shape index (κ1) is 17.6. The summed E-state index contributed by atoms with van der Waals surface area (Å²) in [6, 6.07) is 17.3. The lowest BCUT2D eigenvalue weighted by Crippen LogP contribution is -2.18. The smallest absolute Gasteiger partial charge is 0.0406 e. The SMILES string of the molecule is C=C(CNS(=O)[O-])c1ccc(Cl)cc1.Cc1ccccc1. The maximum absolute atomic E-state index is 10.2. The fourth-order valence-electron chi connectivity index (χ4n) is 1.47. The Hall–Kier alpha value is -1.46. The van der Waals surface area contributed by atoms with Gasteiger partial charge in [-0.05, 0) is 30.2 Å². The molecule has 0 radical (unpaired) electrons. The number of nitrogens with one attached hydrogen (secondary N) is 1. The van der Waals surface area contributed by atoms with Gasteiger partial charge in [-0.2, -0.15) is 0 Å². The third kappa shape index (κ3) is 7.78. The molecule has 0 fully saturated rings. The molecular weight excluding hydrogens is 306 g/mol. The molecule has 0 aliphatic heterocycles. The Balaban J connectivity index is 0.000000262. The molecule has 21 heavy (non-hydrogen) atoms. The molecule has 1 unspecified atom stereocenters. The lowest BCUT2D eigenvalue weighted by molar-refractivity contribution is 0.527. The molecule has 0 spiro atoms. The summed E-state index contributed by atoms with van der Waals surface area (Å²) in [6.45, 7) is 6.04. The molecule has 0 saturated carbocycles. The zero-order valence-corrected chi connectivity index (χ0v) is 13.3. The lowest BCUT2D eigenvalue weighted by Gasteiger charge is -2.09. The van der Waals surface area contributed by atoms with Crippen LogP contribution in [0, 0.1) is 6.92 Å². The second-order valence-corrected chi connectivity index (χ2v) is 5.52. The van der Waals surface area contributed by atoms with Crippen LogP contribution in [0.25, 0.3) is 5.57 Å². The summed E-state index contributed by atoms with van der Waals surface area (Å²) in [5.74, 6) is 0. The highest BCUT2D eigenvalue weighted by atomic mass is 35.5. The van der Waals surface area contributed by atoms with Gasteiger partial charge in [-0.3, -0.25) is 4.21 Å². The van der Waals surface area contributed by atoms with Crippen molar-refractivity contribution in [3.8, 4) is 0 Å². The number of aryl methyl sites for hydroxylation is 1. The number of benzene rings is 2. The minimum Gasteiger partial charge on any atom is -0.760 e. The highest BCUT2D eigenvalue weighted by molar-refractivity contribution is 7.77. The van der Waals surface area contributed by atoms with E-state index in [9.17, 15) is 8.76 Å². The molecule has 2 aromatic rings. The molecule has 1 atom stereocenters. The summed E-state index contributed by atoms with van der Waals surface area (Å²) in [5.41, 5.74) is 2.89. The van der Waals surface area contributed by atoms with Crippen molar-refractivity contribution in [2.75, 3.05) is 6.54 Å². The van der Waals surface area contributed by atoms with E-state index in [1.165, 1.54) is 5.56 Å². The normalized spacial score (nSPS) is 11.2. The molecular formula is C16H17ClNO2S-. The maximum Gasteiger partial charge on any atom is 0.0406 e. The number of hydrogen-bond donors (Lipinski definition) is 1. The fourth-order valence-corrected chi connectivity index (χ4v) is 1.89. The first-order valence-corrected chi connectivity index (χ1v) is 7.72. The van der Waals surface area contributed by atoms with E-state index in [4.69, 9.17) is 11.6 Å². The Kier molecular flexibility index (Phi) is 7.93. The van der Waals surface area contributed by atoms with Crippen LogP contribution in [0.2, 0.25) is 5.02 Å². The molecule has 0 saturated heterocycles. The monoisotopic (exact) mass is 322 g/mol. The zero-order valence-electron chi connectivity index (χ0n) is 11.7. The molecule has 0 amide bonds. The van der Waals surface area contributed by atoms with Gasteiger partial charge in [0.15, 0.2) is 0 Å². The average Bonchev–Trinajstić information content (AvgIpc) is 2.47. The van der Waals surface area contributed by atoms with E-state index < -0.39 is 11.3 Å². The molecule has 0 aliphatic carbocycles. The summed E-state index contributed by atoms with van der Waals surface area (Å²) in [7, 11) is 0. The Bertz CT molecular complexity index is 585. The van der Waals surface area contributed by atoms with Crippen LogP contribution in [-0.2, 0) is 11.3 Å². The van der Waals surface area contributed by atoms with Gasteiger partial charge in [-0.1, -0.05) is 66.2 Å². The van der Waals surface area contributed by atoms with E-state index in [1.807, 2.05) is 18.2 Å². The number of halogens is 1. The molecule has 1 N–H and O–H groups in total. The van der Waals surface area contributed by atoms with Gasteiger partial charge in [0.2, 0.25) is 0 Å². The van der Waals surface area contributed by atoms with E-state index >= 15 is 0 Å². The van der Waals surface area contributed by atoms with Crippen LogP contribution < -0.4 is 4.72 Å². The largest absolute Gasteiger partial charge is 0.760 e. The van der Waals surface area contributed by atoms with E-state index in [0.29, 0.717) is 10.6 Å². The second-order valence-electron chi connectivity index (χ2n) is 4.32. The van der Waals surface area contributed by atoms with Crippen molar-refractivity contribution in [1.82, 2.24) is 4.72 Å². The fraction of sp³-hybridized carbons (Fsp3) is 0.125. The molecule has 2 aromatic carbocycles. The van der Waals surface area contributed by atoms with E-state index in [-0.39, 0.29) is 6.54 Å². The van der Waals surface area contributed by atoms with Crippen LogP contribution in [0.4, 0.5) is 0 Å². The highest BCUT2D eigenvalue weighted by Crippen LogP contribution is 2.15. The van der Waals surface area contributed by atoms with Crippen LogP contribution in [0.1, 0.15) is 11.1 Å². The van der Waals surface area contributed by atoms with Crippen LogP contribution in [0.3, 0.4) is 0 Å². The molecule has 3 nitrogen and oxygen atoms in total. The number of rotatable bonds is 4.